The maximum absolute atomic E-state index is 6.06. The van der Waals surface area contributed by atoms with Crippen LogP contribution in [0.15, 0.2) is 12.2 Å². The van der Waals surface area contributed by atoms with Crippen molar-refractivity contribution in [2.24, 2.45) is 23.2 Å². The van der Waals surface area contributed by atoms with Gasteiger partial charge in [0.1, 0.15) is 0 Å². The third-order valence-electron chi connectivity index (χ3n) is 5.90. The summed E-state index contributed by atoms with van der Waals surface area (Å²) in [4.78, 5) is 0. The molecule has 0 radical (unpaired) electrons. The first kappa shape index (κ1) is 11.7. The summed E-state index contributed by atoms with van der Waals surface area (Å²) >= 11 is 0. The van der Waals surface area contributed by atoms with Crippen molar-refractivity contribution < 1.29 is 9.47 Å². The number of allylic oxidation sites excluding steroid dienone is 2. The Hall–Kier alpha value is -0.340. The number of fused-ring (bicyclic) bond motifs is 2. The van der Waals surface area contributed by atoms with Crippen molar-refractivity contribution in [1.29, 1.82) is 0 Å². The Balaban J connectivity index is 1.89. The molecule has 0 aromatic heterocycles. The third kappa shape index (κ3) is 1.40. The number of ether oxygens (including phenoxy) is 2. The van der Waals surface area contributed by atoms with Crippen molar-refractivity contribution in [2.45, 2.75) is 38.7 Å². The highest BCUT2D eigenvalue weighted by molar-refractivity contribution is 5.17. The van der Waals surface area contributed by atoms with Crippen molar-refractivity contribution in [3.63, 3.8) is 0 Å². The first-order valence-corrected chi connectivity index (χ1v) is 6.96. The van der Waals surface area contributed by atoms with Crippen LogP contribution in [-0.4, -0.2) is 25.9 Å². The molecule has 0 aromatic rings. The lowest BCUT2D eigenvalue weighted by molar-refractivity contribution is -0.249. The predicted octanol–water partition coefficient (Wildman–Crippen LogP) is 3.03. The van der Waals surface area contributed by atoms with Crippen LogP contribution < -0.4 is 0 Å². The van der Waals surface area contributed by atoms with Gasteiger partial charge in [-0.15, -0.1) is 0 Å². The molecular formula is C15H24O2. The molecule has 2 bridgehead atoms. The Kier molecular flexibility index (Phi) is 2.64. The lowest BCUT2D eigenvalue weighted by atomic mass is 9.60. The molecule has 2 heteroatoms. The molecule has 1 aliphatic heterocycles. The van der Waals surface area contributed by atoms with E-state index in [1.165, 1.54) is 12.8 Å². The van der Waals surface area contributed by atoms with E-state index in [2.05, 4.69) is 26.0 Å². The zero-order valence-corrected chi connectivity index (χ0v) is 11.2. The topological polar surface area (TPSA) is 18.5 Å². The van der Waals surface area contributed by atoms with Crippen LogP contribution in [0.5, 0.6) is 0 Å². The lowest BCUT2D eigenvalue weighted by Gasteiger charge is -2.56. The van der Waals surface area contributed by atoms with Gasteiger partial charge in [-0.1, -0.05) is 19.1 Å². The SMILES string of the molecule is CCC1(C(C)(OC)C2CC3C=CC2C3)COC1. The smallest absolute Gasteiger partial charge is 0.0784 e. The van der Waals surface area contributed by atoms with E-state index in [4.69, 9.17) is 9.47 Å². The molecule has 2 nitrogen and oxygen atoms in total. The van der Waals surface area contributed by atoms with Crippen LogP contribution in [0, 0.1) is 23.2 Å². The normalized spacial score (nSPS) is 41.2. The van der Waals surface area contributed by atoms with Crippen LogP contribution in [0.1, 0.15) is 33.1 Å². The summed E-state index contributed by atoms with van der Waals surface area (Å²) in [7, 11) is 1.89. The Morgan fingerprint density at radius 2 is 2.12 bits per heavy atom. The summed E-state index contributed by atoms with van der Waals surface area (Å²) in [6.45, 7) is 6.37. The van der Waals surface area contributed by atoms with Crippen molar-refractivity contribution >= 4 is 0 Å². The standard InChI is InChI=1S/C15H24O2/c1-4-15(9-17-10-15)14(2,16-3)13-8-11-5-6-12(13)7-11/h5-6,11-13H,4,7-10H2,1-3H3. The van der Waals surface area contributed by atoms with Crippen LogP contribution in [0.4, 0.5) is 0 Å². The maximum Gasteiger partial charge on any atom is 0.0784 e. The zero-order valence-electron chi connectivity index (χ0n) is 11.2. The highest BCUT2D eigenvalue weighted by atomic mass is 16.5. The van der Waals surface area contributed by atoms with Crippen LogP contribution in [0.2, 0.25) is 0 Å². The molecule has 0 amide bonds. The van der Waals surface area contributed by atoms with Crippen molar-refractivity contribution in [2.75, 3.05) is 20.3 Å². The molecule has 0 N–H and O–H groups in total. The quantitative estimate of drug-likeness (QED) is 0.699. The summed E-state index contributed by atoms with van der Waals surface area (Å²) in [5.74, 6) is 2.25. The van der Waals surface area contributed by atoms with E-state index in [9.17, 15) is 0 Å². The number of hydrogen-bond donors (Lipinski definition) is 0. The maximum atomic E-state index is 6.06. The molecule has 96 valence electrons. The van der Waals surface area contributed by atoms with Crippen molar-refractivity contribution in [3.8, 4) is 0 Å². The molecular weight excluding hydrogens is 212 g/mol. The molecule has 1 saturated carbocycles. The Labute approximate surface area is 104 Å². The van der Waals surface area contributed by atoms with Crippen molar-refractivity contribution in [1.82, 2.24) is 0 Å². The zero-order chi connectivity index (χ0) is 12.1. The molecule has 0 aromatic carbocycles. The molecule has 3 aliphatic rings. The lowest BCUT2D eigenvalue weighted by Crippen LogP contribution is -2.63. The first-order valence-electron chi connectivity index (χ1n) is 6.96. The number of methoxy groups -OCH3 is 1. The van der Waals surface area contributed by atoms with Gasteiger partial charge in [-0.3, -0.25) is 0 Å². The molecule has 1 saturated heterocycles. The molecule has 0 spiro atoms. The summed E-state index contributed by atoms with van der Waals surface area (Å²) in [6.07, 6.45) is 8.67. The van der Waals surface area contributed by atoms with Gasteiger partial charge in [0.25, 0.3) is 0 Å². The molecule has 3 rings (SSSR count). The molecule has 4 atom stereocenters. The predicted molar refractivity (Wildman–Crippen MR) is 67.8 cm³/mol. The summed E-state index contributed by atoms with van der Waals surface area (Å²) in [5.41, 5.74) is 0.245. The minimum absolute atomic E-state index is 0.00975. The minimum Gasteiger partial charge on any atom is -0.380 e. The van der Waals surface area contributed by atoms with Gasteiger partial charge in [0.15, 0.2) is 0 Å². The van der Waals surface area contributed by atoms with Crippen LogP contribution in [-0.2, 0) is 9.47 Å². The summed E-state index contributed by atoms with van der Waals surface area (Å²) in [5, 5.41) is 0. The Bertz CT molecular complexity index is 326. The molecule has 1 heterocycles. The molecule has 17 heavy (non-hydrogen) atoms. The second-order valence-corrected chi connectivity index (χ2v) is 6.32. The van der Waals surface area contributed by atoms with Crippen LogP contribution in [0.3, 0.4) is 0 Å². The second kappa shape index (κ2) is 3.83. The summed E-state index contributed by atoms with van der Waals surface area (Å²) < 4.78 is 11.6. The molecule has 4 unspecified atom stereocenters. The average Bonchev–Trinajstić information content (AvgIpc) is 2.89. The van der Waals surface area contributed by atoms with Gasteiger partial charge >= 0.3 is 0 Å². The molecule has 2 fully saturated rings. The first-order chi connectivity index (χ1) is 8.15. The van der Waals surface area contributed by atoms with Crippen LogP contribution >= 0.6 is 0 Å². The fourth-order valence-corrected chi connectivity index (χ4v) is 4.37. The van der Waals surface area contributed by atoms with E-state index in [0.717, 1.165) is 31.5 Å². The van der Waals surface area contributed by atoms with E-state index < -0.39 is 0 Å². The third-order valence-corrected chi connectivity index (χ3v) is 5.90. The largest absolute Gasteiger partial charge is 0.380 e. The van der Waals surface area contributed by atoms with Gasteiger partial charge in [-0.25, -0.2) is 0 Å². The minimum atomic E-state index is -0.00975. The van der Waals surface area contributed by atoms with E-state index >= 15 is 0 Å². The number of hydrogen-bond acceptors (Lipinski definition) is 2. The van der Waals surface area contributed by atoms with Gasteiger partial charge in [0.05, 0.1) is 18.8 Å². The average molecular weight is 236 g/mol. The highest BCUT2D eigenvalue weighted by Crippen LogP contribution is 2.57. The number of rotatable bonds is 4. The van der Waals surface area contributed by atoms with E-state index in [0.29, 0.717) is 5.92 Å². The highest BCUT2D eigenvalue weighted by Gasteiger charge is 2.59. The monoisotopic (exact) mass is 236 g/mol. The van der Waals surface area contributed by atoms with Crippen molar-refractivity contribution in [3.05, 3.63) is 12.2 Å². The van der Waals surface area contributed by atoms with Gasteiger partial charge in [-0.05, 0) is 43.9 Å². The van der Waals surface area contributed by atoms with Gasteiger partial charge in [-0.2, -0.15) is 0 Å². The second-order valence-electron chi connectivity index (χ2n) is 6.32. The fraction of sp³-hybridized carbons (Fsp3) is 0.867. The Morgan fingerprint density at radius 1 is 1.35 bits per heavy atom. The summed E-state index contributed by atoms with van der Waals surface area (Å²) in [6, 6.07) is 0. The van der Waals surface area contributed by atoms with E-state index in [1.807, 2.05) is 7.11 Å². The van der Waals surface area contributed by atoms with E-state index in [1.54, 1.807) is 0 Å². The Morgan fingerprint density at radius 3 is 2.47 bits per heavy atom. The van der Waals surface area contributed by atoms with E-state index in [-0.39, 0.29) is 11.0 Å². The van der Waals surface area contributed by atoms with Crippen LogP contribution in [0.25, 0.3) is 0 Å². The van der Waals surface area contributed by atoms with Gasteiger partial charge in [0, 0.05) is 12.5 Å². The fourth-order valence-electron chi connectivity index (χ4n) is 4.37. The van der Waals surface area contributed by atoms with Gasteiger partial charge in [0.2, 0.25) is 0 Å². The van der Waals surface area contributed by atoms with Gasteiger partial charge < -0.3 is 9.47 Å². The molecule has 2 aliphatic carbocycles.